The van der Waals surface area contributed by atoms with Crippen molar-refractivity contribution in [2.75, 3.05) is 20.1 Å². The Morgan fingerprint density at radius 1 is 0.957 bits per heavy atom. The number of nitrogens with zero attached hydrogens (tertiary/aromatic N) is 2. The molecule has 1 heterocycles. The Labute approximate surface area is 278 Å². The van der Waals surface area contributed by atoms with Crippen molar-refractivity contribution in [2.45, 2.75) is 104 Å². The molecule has 0 unspecified atom stereocenters. The highest BCUT2D eigenvalue weighted by atomic mass is 16.2. The van der Waals surface area contributed by atoms with Crippen LogP contribution in [0.15, 0.2) is 30.3 Å². The van der Waals surface area contributed by atoms with E-state index in [4.69, 9.17) is 5.73 Å². The van der Waals surface area contributed by atoms with Crippen LogP contribution in [-0.4, -0.2) is 83.5 Å². The number of urea groups is 1. The summed E-state index contributed by atoms with van der Waals surface area (Å²) in [7, 11) is 1.70. The number of rotatable bonds is 13. The Morgan fingerprint density at radius 3 is 2.17 bits per heavy atom. The lowest BCUT2D eigenvalue weighted by Gasteiger charge is -2.37. The monoisotopic (exact) mass is 654 g/mol. The number of nitrogens with two attached hydrogens (primary N) is 1. The van der Waals surface area contributed by atoms with Crippen molar-refractivity contribution in [3.05, 3.63) is 35.9 Å². The van der Waals surface area contributed by atoms with Crippen molar-refractivity contribution >= 4 is 35.4 Å². The molecule has 1 aliphatic heterocycles. The number of ketones is 1. The second kappa shape index (κ2) is 16.7. The van der Waals surface area contributed by atoms with Gasteiger partial charge in [-0.2, -0.15) is 0 Å². The van der Waals surface area contributed by atoms with E-state index in [2.05, 4.69) is 16.0 Å². The van der Waals surface area contributed by atoms with Gasteiger partial charge in [0.25, 0.3) is 5.91 Å². The fourth-order valence-corrected chi connectivity index (χ4v) is 6.82. The molecule has 1 aliphatic carbocycles. The third kappa shape index (κ3) is 10.5. The molecule has 4 atom stereocenters. The van der Waals surface area contributed by atoms with E-state index in [0.29, 0.717) is 25.9 Å². The first-order chi connectivity index (χ1) is 22.1. The molecular weight excluding hydrogens is 600 g/mol. The predicted octanol–water partition coefficient (Wildman–Crippen LogP) is 2.74. The molecule has 12 nitrogen and oxygen atoms in total. The summed E-state index contributed by atoms with van der Waals surface area (Å²) in [4.78, 5) is 81.5. The molecule has 1 saturated carbocycles. The summed E-state index contributed by atoms with van der Waals surface area (Å²) in [6, 6.07) is 6.32. The summed E-state index contributed by atoms with van der Waals surface area (Å²) in [5.41, 5.74) is 5.40. The maximum atomic E-state index is 14.4. The molecule has 6 amide bonds. The van der Waals surface area contributed by atoms with Crippen LogP contribution >= 0.6 is 0 Å². The number of benzene rings is 1. The molecule has 47 heavy (non-hydrogen) atoms. The Balaban J connectivity index is 1.83. The molecule has 0 radical (unpaired) electrons. The number of hydrogen-bond acceptors (Lipinski definition) is 6. The molecule has 3 rings (SSSR count). The molecule has 1 aromatic carbocycles. The Kier molecular flexibility index (Phi) is 13.4. The molecule has 5 N–H and O–H groups in total. The van der Waals surface area contributed by atoms with Gasteiger partial charge in [-0.05, 0) is 54.4 Å². The molecule has 0 spiro atoms. The van der Waals surface area contributed by atoms with Gasteiger partial charge in [-0.1, -0.05) is 84.2 Å². The quantitative estimate of drug-likeness (QED) is 0.238. The lowest BCUT2D eigenvalue weighted by Crippen LogP contribution is -2.61. The van der Waals surface area contributed by atoms with Gasteiger partial charge in [-0.25, -0.2) is 4.79 Å². The third-order valence-corrected chi connectivity index (χ3v) is 9.25. The molecular formula is C35H54N6O6. The van der Waals surface area contributed by atoms with Gasteiger partial charge in [0.1, 0.15) is 18.1 Å². The molecule has 260 valence electrons. The Bertz CT molecular complexity index is 1270. The summed E-state index contributed by atoms with van der Waals surface area (Å²) < 4.78 is 0. The Hall–Kier alpha value is -3.96. The zero-order valence-corrected chi connectivity index (χ0v) is 28.8. The van der Waals surface area contributed by atoms with Crippen LogP contribution in [0.4, 0.5) is 4.79 Å². The molecule has 1 saturated heterocycles. The average Bonchev–Trinajstić information content (AvgIpc) is 3.43. The lowest BCUT2D eigenvalue weighted by atomic mass is 9.83. The second-order valence-corrected chi connectivity index (χ2v) is 14.6. The zero-order valence-electron chi connectivity index (χ0n) is 28.8. The van der Waals surface area contributed by atoms with Crippen LogP contribution in [0.5, 0.6) is 0 Å². The van der Waals surface area contributed by atoms with Gasteiger partial charge >= 0.3 is 6.03 Å². The maximum Gasteiger partial charge on any atom is 0.316 e. The maximum absolute atomic E-state index is 14.4. The number of hydrogen-bond donors (Lipinski definition) is 4. The van der Waals surface area contributed by atoms with Gasteiger partial charge in [0.15, 0.2) is 0 Å². The molecule has 2 aliphatic rings. The minimum atomic E-state index is -1.14. The molecule has 0 bridgehead atoms. The van der Waals surface area contributed by atoms with Gasteiger partial charge in [0.2, 0.25) is 23.5 Å². The molecule has 12 heteroatoms. The van der Waals surface area contributed by atoms with Gasteiger partial charge in [-0.3, -0.25) is 24.0 Å². The van der Waals surface area contributed by atoms with Crippen molar-refractivity contribution in [2.24, 2.45) is 28.9 Å². The molecule has 0 aromatic heterocycles. The van der Waals surface area contributed by atoms with Gasteiger partial charge < -0.3 is 31.5 Å². The number of likely N-dealkylation sites (tertiary alicyclic amines) is 1. The van der Waals surface area contributed by atoms with Crippen molar-refractivity contribution in [3.63, 3.8) is 0 Å². The SMILES string of the molecule is CC(C)C[C@H]1CCN(C(=O)[C@@H](NC(=O)N[C@H](C(=O)N(C)Cc2ccccc2)C(C)(C)C)C2CCCCC2)[C@@H]1C(=O)NCC(=O)C(N)=O. The number of carbonyl (C=O) groups excluding carboxylic acids is 6. The van der Waals surface area contributed by atoms with E-state index >= 15 is 0 Å². The van der Waals surface area contributed by atoms with Crippen LogP contribution in [0, 0.1) is 23.2 Å². The number of likely N-dealkylation sites (N-methyl/N-ethyl adjacent to an activating group) is 1. The van der Waals surface area contributed by atoms with Gasteiger partial charge in [-0.15, -0.1) is 0 Å². The normalized spacial score (nSPS) is 19.9. The van der Waals surface area contributed by atoms with Gasteiger partial charge in [0, 0.05) is 20.1 Å². The number of Topliss-reactive ketones (excluding diaryl/α,β-unsaturated/α-hetero) is 1. The minimum absolute atomic E-state index is 0.143. The van der Waals surface area contributed by atoms with Crippen molar-refractivity contribution in [1.29, 1.82) is 0 Å². The number of primary amides is 1. The highest BCUT2D eigenvalue weighted by Crippen LogP contribution is 2.34. The highest BCUT2D eigenvalue weighted by Gasteiger charge is 2.46. The van der Waals surface area contributed by atoms with Crippen LogP contribution in [0.3, 0.4) is 0 Å². The number of nitrogens with one attached hydrogen (secondary N) is 3. The van der Waals surface area contributed by atoms with E-state index in [9.17, 15) is 28.8 Å². The first-order valence-corrected chi connectivity index (χ1v) is 16.9. The fourth-order valence-electron chi connectivity index (χ4n) is 6.82. The van der Waals surface area contributed by atoms with E-state index < -0.39 is 53.7 Å². The van der Waals surface area contributed by atoms with E-state index in [1.807, 2.05) is 65.0 Å². The molecule has 2 fully saturated rings. The number of amides is 6. The summed E-state index contributed by atoms with van der Waals surface area (Å²) >= 11 is 0. The third-order valence-electron chi connectivity index (χ3n) is 9.25. The summed E-state index contributed by atoms with van der Waals surface area (Å²) in [6.07, 6.45) is 5.62. The second-order valence-electron chi connectivity index (χ2n) is 14.6. The zero-order chi connectivity index (χ0) is 34.9. The first-order valence-electron chi connectivity index (χ1n) is 16.9. The predicted molar refractivity (Wildman–Crippen MR) is 178 cm³/mol. The number of carbonyl (C=O) groups is 6. The van der Waals surface area contributed by atoms with E-state index in [-0.39, 0.29) is 29.6 Å². The lowest BCUT2D eigenvalue weighted by molar-refractivity contribution is -0.142. The Morgan fingerprint density at radius 2 is 1.60 bits per heavy atom. The summed E-state index contributed by atoms with van der Waals surface area (Å²) in [6.45, 7) is 9.85. The smallest absolute Gasteiger partial charge is 0.316 e. The van der Waals surface area contributed by atoms with Crippen LogP contribution in [0.25, 0.3) is 0 Å². The van der Waals surface area contributed by atoms with Crippen molar-refractivity contribution in [3.8, 4) is 0 Å². The minimum Gasteiger partial charge on any atom is -0.363 e. The van der Waals surface area contributed by atoms with Crippen molar-refractivity contribution in [1.82, 2.24) is 25.8 Å². The summed E-state index contributed by atoms with van der Waals surface area (Å²) in [5, 5.41) is 8.32. The van der Waals surface area contributed by atoms with E-state index in [1.165, 1.54) is 4.90 Å². The van der Waals surface area contributed by atoms with Crippen molar-refractivity contribution < 1.29 is 28.8 Å². The topological polar surface area (TPSA) is 171 Å². The van der Waals surface area contributed by atoms with Crippen LogP contribution in [-0.2, 0) is 30.5 Å². The van der Waals surface area contributed by atoms with Crippen LogP contribution in [0.1, 0.15) is 85.1 Å². The van der Waals surface area contributed by atoms with Crippen LogP contribution in [0.2, 0.25) is 0 Å². The fraction of sp³-hybridized carbons (Fsp3) is 0.657. The van der Waals surface area contributed by atoms with Gasteiger partial charge in [0.05, 0.1) is 6.54 Å². The standard InChI is InChI=1S/C35H54N6O6/c1-22(2)19-25-17-18-41(28(25)31(44)37-20-26(42)30(36)43)32(45)27(24-15-11-8-12-16-24)38-34(47)39-29(35(3,4)5)33(46)40(6)21-23-13-9-7-10-14-23/h7,9-10,13-14,22,24-25,27-29H,8,11-12,15-21H2,1-6H3,(H2,36,43)(H,37,44)(H2,38,39,47)/t25-,27+,28+,29-/m1/s1. The largest absolute Gasteiger partial charge is 0.363 e. The first kappa shape index (κ1) is 37.5. The summed E-state index contributed by atoms with van der Waals surface area (Å²) in [5.74, 6) is -3.26. The van der Waals surface area contributed by atoms with E-state index in [1.54, 1.807) is 11.9 Å². The van der Waals surface area contributed by atoms with E-state index in [0.717, 1.165) is 37.7 Å². The molecule has 1 aromatic rings. The van der Waals surface area contributed by atoms with Crippen LogP contribution < -0.4 is 21.7 Å². The highest BCUT2D eigenvalue weighted by molar-refractivity contribution is 6.36. The average molecular weight is 655 g/mol.